The highest BCUT2D eigenvalue weighted by atomic mass is 32.1. The van der Waals surface area contributed by atoms with Gasteiger partial charge in [-0.15, -0.1) is 16.4 Å². The summed E-state index contributed by atoms with van der Waals surface area (Å²) in [4.78, 5) is 2.57. The predicted molar refractivity (Wildman–Crippen MR) is 93.7 cm³/mol. The average Bonchev–Trinajstić information content (AvgIpc) is 3.25. The Morgan fingerprint density at radius 1 is 1.09 bits per heavy atom. The van der Waals surface area contributed by atoms with E-state index in [4.69, 9.17) is 0 Å². The van der Waals surface area contributed by atoms with Crippen LogP contribution < -0.4 is 0 Å². The fourth-order valence-corrected chi connectivity index (χ4v) is 5.08. The molecule has 118 valence electrons. The minimum atomic E-state index is 0.509. The zero-order valence-electron chi connectivity index (χ0n) is 13.2. The summed E-state index contributed by atoms with van der Waals surface area (Å²) < 4.78 is 3.44. The van der Waals surface area contributed by atoms with Gasteiger partial charge in [-0.05, 0) is 61.7 Å². The second-order valence-corrected chi connectivity index (χ2v) is 7.88. The van der Waals surface area contributed by atoms with Crippen molar-refractivity contribution in [3.63, 3.8) is 0 Å². The van der Waals surface area contributed by atoms with Crippen LogP contribution in [0.25, 0.3) is 21.3 Å². The van der Waals surface area contributed by atoms with E-state index in [2.05, 4.69) is 62.8 Å². The Morgan fingerprint density at radius 2 is 1.91 bits per heavy atom. The topological polar surface area (TPSA) is 34.0 Å². The number of piperidine rings is 1. The molecule has 2 aromatic heterocycles. The number of hydrogen-bond acceptors (Lipinski definition) is 4. The van der Waals surface area contributed by atoms with Gasteiger partial charge in [0.05, 0.1) is 12.2 Å². The monoisotopic (exact) mass is 324 g/mol. The van der Waals surface area contributed by atoms with Crippen LogP contribution in [0.4, 0.5) is 0 Å². The Balaban J connectivity index is 1.44. The smallest absolute Gasteiger partial charge is 0.113 e. The van der Waals surface area contributed by atoms with Crippen molar-refractivity contribution in [1.29, 1.82) is 0 Å². The maximum atomic E-state index is 4.46. The fraction of sp³-hybridized carbons (Fsp3) is 0.444. The van der Waals surface area contributed by atoms with Crippen molar-refractivity contribution >= 4 is 21.4 Å². The first kappa shape index (κ1) is 13.7. The molecular weight excluding hydrogens is 304 g/mol. The van der Waals surface area contributed by atoms with E-state index in [1.807, 2.05) is 0 Å². The third kappa shape index (κ3) is 2.22. The molecule has 2 unspecified atom stereocenters. The quantitative estimate of drug-likeness (QED) is 0.715. The third-order valence-electron chi connectivity index (χ3n) is 5.71. The summed E-state index contributed by atoms with van der Waals surface area (Å²) in [5.74, 6) is 0. The van der Waals surface area contributed by atoms with Crippen LogP contribution in [0.3, 0.4) is 0 Å². The molecule has 0 N–H and O–H groups in total. The summed E-state index contributed by atoms with van der Waals surface area (Å²) in [6.45, 7) is 0. The summed E-state index contributed by atoms with van der Waals surface area (Å²) in [7, 11) is 2.28. The van der Waals surface area contributed by atoms with Gasteiger partial charge in [0.15, 0.2) is 0 Å². The molecule has 0 amide bonds. The van der Waals surface area contributed by atoms with E-state index >= 15 is 0 Å². The van der Waals surface area contributed by atoms with Crippen molar-refractivity contribution in [3.05, 3.63) is 35.8 Å². The van der Waals surface area contributed by atoms with Crippen LogP contribution in [0.2, 0.25) is 0 Å². The Morgan fingerprint density at radius 3 is 2.74 bits per heavy atom. The van der Waals surface area contributed by atoms with Gasteiger partial charge in [-0.1, -0.05) is 11.3 Å². The van der Waals surface area contributed by atoms with Gasteiger partial charge >= 0.3 is 0 Å². The second-order valence-electron chi connectivity index (χ2n) is 6.93. The van der Waals surface area contributed by atoms with Crippen LogP contribution in [-0.2, 0) is 0 Å². The van der Waals surface area contributed by atoms with Crippen molar-refractivity contribution in [1.82, 2.24) is 19.9 Å². The predicted octanol–water partition coefficient (Wildman–Crippen LogP) is 3.96. The molecule has 0 radical (unpaired) electrons. The highest BCUT2D eigenvalue weighted by Gasteiger charge is 2.39. The Kier molecular flexibility index (Phi) is 3.06. The van der Waals surface area contributed by atoms with E-state index in [0.717, 1.165) is 23.3 Å². The number of hydrogen-bond donors (Lipinski definition) is 0. The Hall–Kier alpha value is -1.72. The largest absolute Gasteiger partial charge is 0.300 e. The van der Waals surface area contributed by atoms with Gasteiger partial charge in [0, 0.05) is 22.3 Å². The highest BCUT2D eigenvalue weighted by molar-refractivity contribution is 7.17. The van der Waals surface area contributed by atoms with Crippen LogP contribution in [0.5, 0.6) is 0 Å². The van der Waals surface area contributed by atoms with Crippen LogP contribution in [-0.4, -0.2) is 39.0 Å². The molecule has 2 aliphatic rings. The average molecular weight is 324 g/mol. The first-order chi connectivity index (χ1) is 11.3. The molecular formula is C18H20N4S. The molecule has 4 nitrogen and oxygen atoms in total. The molecule has 23 heavy (non-hydrogen) atoms. The lowest BCUT2D eigenvalue weighted by Gasteiger charge is -2.36. The van der Waals surface area contributed by atoms with Crippen LogP contribution in [0.15, 0.2) is 35.8 Å². The lowest BCUT2D eigenvalue weighted by Crippen LogP contribution is -2.40. The van der Waals surface area contributed by atoms with Gasteiger partial charge in [0.2, 0.25) is 0 Å². The standard InChI is InChI=1S/C18H20N4S/c1-21-14-3-4-15(21)10-16(9-14)22-11-17(19-20-22)12-2-5-18-13(8-12)6-7-23-18/h2,5-8,11,14-16H,3-4,9-10H2,1H3. The van der Waals surface area contributed by atoms with Gasteiger partial charge in [-0.3, -0.25) is 0 Å². The molecule has 2 fully saturated rings. The van der Waals surface area contributed by atoms with Gasteiger partial charge in [0.1, 0.15) is 5.69 Å². The van der Waals surface area contributed by atoms with Gasteiger partial charge < -0.3 is 4.90 Å². The lowest BCUT2D eigenvalue weighted by atomic mass is 9.98. The molecule has 0 spiro atoms. The number of nitrogens with zero attached hydrogens (tertiary/aromatic N) is 4. The number of aromatic nitrogens is 3. The molecule has 5 rings (SSSR count). The maximum absolute atomic E-state index is 4.46. The second kappa shape index (κ2) is 5.14. The Bertz CT molecular complexity index is 837. The third-order valence-corrected chi connectivity index (χ3v) is 6.60. The summed E-state index contributed by atoms with van der Waals surface area (Å²) >= 11 is 1.78. The van der Waals surface area contributed by atoms with Crippen molar-refractivity contribution < 1.29 is 0 Å². The SMILES string of the molecule is CN1C2CCC1CC(n1cc(-c3ccc4sccc4c3)nn1)C2. The maximum Gasteiger partial charge on any atom is 0.113 e. The fourth-order valence-electron chi connectivity index (χ4n) is 4.31. The molecule has 2 aliphatic heterocycles. The van der Waals surface area contributed by atoms with Gasteiger partial charge in [0.25, 0.3) is 0 Å². The first-order valence-electron chi connectivity index (χ1n) is 8.39. The molecule has 0 saturated carbocycles. The van der Waals surface area contributed by atoms with Crippen molar-refractivity contribution in [2.45, 2.75) is 43.8 Å². The first-order valence-corrected chi connectivity index (χ1v) is 9.27. The van der Waals surface area contributed by atoms with Crippen LogP contribution >= 0.6 is 11.3 Å². The normalized spacial score (nSPS) is 27.8. The zero-order valence-corrected chi connectivity index (χ0v) is 14.0. The van der Waals surface area contributed by atoms with E-state index in [1.54, 1.807) is 11.3 Å². The van der Waals surface area contributed by atoms with E-state index in [-0.39, 0.29) is 0 Å². The number of benzene rings is 1. The number of rotatable bonds is 2. The summed E-state index contributed by atoms with van der Waals surface area (Å²) in [6, 6.07) is 10.7. The minimum absolute atomic E-state index is 0.509. The zero-order chi connectivity index (χ0) is 15.4. The van der Waals surface area contributed by atoms with Crippen LogP contribution in [0, 0.1) is 0 Å². The van der Waals surface area contributed by atoms with Gasteiger partial charge in [-0.25, -0.2) is 4.68 Å². The number of thiophene rings is 1. The molecule has 3 aromatic rings. The van der Waals surface area contributed by atoms with E-state index < -0.39 is 0 Å². The Labute approximate surface area is 139 Å². The molecule has 2 atom stereocenters. The molecule has 4 heterocycles. The van der Waals surface area contributed by atoms with E-state index in [0.29, 0.717) is 6.04 Å². The molecule has 0 aliphatic carbocycles. The van der Waals surface area contributed by atoms with E-state index in [9.17, 15) is 0 Å². The summed E-state index contributed by atoms with van der Waals surface area (Å²) in [6.07, 6.45) is 7.24. The molecule has 1 aromatic carbocycles. The summed E-state index contributed by atoms with van der Waals surface area (Å²) in [5.41, 5.74) is 2.16. The van der Waals surface area contributed by atoms with Crippen molar-refractivity contribution in [2.75, 3.05) is 7.05 Å². The molecule has 2 bridgehead atoms. The molecule has 5 heteroatoms. The highest BCUT2D eigenvalue weighted by Crippen LogP contribution is 2.39. The minimum Gasteiger partial charge on any atom is -0.300 e. The van der Waals surface area contributed by atoms with Gasteiger partial charge in [-0.2, -0.15) is 0 Å². The van der Waals surface area contributed by atoms with Crippen LogP contribution in [0.1, 0.15) is 31.7 Å². The van der Waals surface area contributed by atoms with E-state index in [1.165, 1.54) is 35.8 Å². The lowest BCUT2D eigenvalue weighted by molar-refractivity contribution is 0.130. The molecule has 2 saturated heterocycles. The summed E-state index contributed by atoms with van der Waals surface area (Å²) in [5, 5.41) is 12.3. The van der Waals surface area contributed by atoms with Crippen molar-refractivity contribution in [3.8, 4) is 11.3 Å². The van der Waals surface area contributed by atoms with Crippen molar-refractivity contribution in [2.24, 2.45) is 0 Å². The number of fused-ring (bicyclic) bond motifs is 3.